The van der Waals surface area contributed by atoms with E-state index in [9.17, 15) is 4.79 Å². The molecule has 5 heteroatoms. The molecule has 1 N–H and O–H groups in total. The van der Waals surface area contributed by atoms with E-state index in [0.717, 1.165) is 0 Å². The molecule has 0 saturated carbocycles. The quantitative estimate of drug-likeness (QED) is 0.864. The number of nitrogens with one attached hydrogen (secondary N) is 1. The largest absolute Gasteiger partial charge is 0.486 e. The van der Waals surface area contributed by atoms with Crippen molar-refractivity contribution in [1.29, 1.82) is 0 Å². The van der Waals surface area contributed by atoms with E-state index in [1.54, 1.807) is 25.1 Å². The molecule has 1 amide bonds. The van der Waals surface area contributed by atoms with Crippen LogP contribution in [-0.2, 0) is 9.53 Å². The molecular weight excluding hydrogens is 222 g/mol. The van der Waals surface area contributed by atoms with Crippen molar-refractivity contribution in [3.8, 4) is 11.5 Å². The van der Waals surface area contributed by atoms with Crippen molar-refractivity contribution in [2.24, 2.45) is 0 Å². The number of methoxy groups -OCH3 is 1. The molecule has 0 aromatic heterocycles. The van der Waals surface area contributed by atoms with Crippen LogP contribution in [0.2, 0.25) is 0 Å². The van der Waals surface area contributed by atoms with Gasteiger partial charge in [0, 0.05) is 18.9 Å². The summed E-state index contributed by atoms with van der Waals surface area (Å²) in [6, 6.07) is 5.30. The van der Waals surface area contributed by atoms with E-state index < -0.39 is 6.10 Å². The van der Waals surface area contributed by atoms with Crippen molar-refractivity contribution in [2.45, 2.75) is 13.0 Å². The predicted octanol–water partition coefficient (Wildman–Crippen LogP) is 1.43. The molecule has 0 aliphatic carbocycles. The number of hydrogen-bond donors (Lipinski definition) is 1. The smallest absolute Gasteiger partial charge is 0.253 e. The lowest BCUT2D eigenvalue weighted by atomic mass is 10.2. The van der Waals surface area contributed by atoms with Gasteiger partial charge in [-0.25, -0.2) is 0 Å². The molecule has 0 saturated heterocycles. The van der Waals surface area contributed by atoms with Crippen molar-refractivity contribution in [1.82, 2.24) is 0 Å². The van der Waals surface area contributed by atoms with E-state index in [0.29, 0.717) is 30.4 Å². The zero-order valence-corrected chi connectivity index (χ0v) is 9.86. The highest BCUT2D eigenvalue weighted by Crippen LogP contribution is 2.32. The lowest BCUT2D eigenvalue weighted by Crippen LogP contribution is -2.26. The van der Waals surface area contributed by atoms with Gasteiger partial charge in [-0.2, -0.15) is 0 Å². The van der Waals surface area contributed by atoms with Gasteiger partial charge in [-0.1, -0.05) is 0 Å². The Balaban J connectivity index is 2.09. The first-order valence-corrected chi connectivity index (χ1v) is 5.44. The van der Waals surface area contributed by atoms with Crippen LogP contribution in [0.1, 0.15) is 6.92 Å². The van der Waals surface area contributed by atoms with Crippen molar-refractivity contribution < 1.29 is 19.0 Å². The third-order valence-electron chi connectivity index (χ3n) is 2.53. The third kappa shape index (κ3) is 2.68. The maximum Gasteiger partial charge on any atom is 0.253 e. The van der Waals surface area contributed by atoms with Crippen LogP contribution in [0.5, 0.6) is 11.5 Å². The van der Waals surface area contributed by atoms with Gasteiger partial charge in [-0.3, -0.25) is 4.79 Å². The van der Waals surface area contributed by atoms with Gasteiger partial charge in [0.05, 0.1) is 0 Å². The highest BCUT2D eigenvalue weighted by molar-refractivity contribution is 5.94. The molecule has 0 spiro atoms. The van der Waals surface area contributed by atoms with Crippen molar-refractivity contribution in [3.05, 3.63) is 18.2 Å². The summed E-state index contributed by atoms with van der Waals surface area (Å²) in [6.07, 6.45) is -0.483. The van der Waals surface area contributed by atoms with Gasteiger partial charge < -0.3 is 19.5 Å². The molecule has 1 aliphatic rings. The van der Waals surface area contributed by atoms with Gasteiger partial charge in [0.15, 0.2) is 11.5 Å². The number of amides is 1. The molecule has 1 aliphatic heterocycles. The van der Waals surface area contributed by atoms with Gasteiger partial charge in [0.2, 0.25) is 0 Å². The topological polar surface area (TPSA) is 56.8 Å². The zero-order valence-electron chi connectivity index (χ0n) is 9.86. The Morgan fingerprint density at radius 1 is 1.35 bits per heavy atom. The fourth-order valence-electron chi connectivity index (χ4n) is 1.47. The van der Waals surface area contributed by atoms with Crippen molar-refractivity contribution in [3.63, 3.8) is 0 Å². The maximum atomic E-state index is 11.6. The van der Waals surface area contributed by atoms with E-state index in [2.05, 4.69) is 5.32 Å². The molecule has 2 rings (SSSR count). The van der Waals surface area contributed by atoms with Crippen molar-refractivity contribution in [2.75, 3.05) is 25.6 Å². The Kier molecular flexibility index (Phi) is 3.49. The lowest BCUT2D eigenvalue weighted by Gasteiger charge is -2.19. The number of carbonyl (C=O) groups excluding carboxylic acids is 1. The highest BCUT2D eigenvalue weighted by Gasteiger charge is 2.15. The molecule has 1 unspecified atom stereocenters. The second-order valence-electron chi connectivity index (χ2n) is 3.73. The lowest BCUT2D eigenvalue weighted by molar-refractivity contribution is -0.124. The molecule has 1 aromatic carbocycles. The first kappa shape index (κ1) is 11.7. The summed E-state index contributed by atoms with van der Waals surface area (Å²) in [4.78, 5) is 11.6. The van der Waals surface area contributed by atoms with Crippen LogP contribution < -0.4 is 14.8 Å². The summed E-state index contributed by atoms with van der Waals surface area (Å²) < 4.78 is 15.7. The molecule has 0 fully saturated rings. The normalized spacial score (nSPS) is 15.2. The van der Waals surface area contributed by atoms with Gasteiger partial charge in [0.25, 0.3) is 5.91 Å². The van der Waals surface area contributed by atoms with Gasteiger partial charge in [0.1, 0.15) is 19.3 Å². The molecule has 1 heterocycles. The van der Waals surface area contributed by atoms with E-state index in [1.807, 2.05) is 0 Å². The minimum Gasteiger partial charge on any atom is -0.486 e. The summed E-state index contributed by atoms with van der Waals surface area (Å²) in [6.45, 7) is 2.77. The molecule has 92 valence electrons. The molecular formula is C12H15NO4. The summed E-state index contributed by atoms with van der Waals surface area (Å²) >= 11 is 0. The number of carbonyl (C=O) groups is 1. The van der Waals surface area contributed by atoms with Crippen LogP contribution in [-0.4, -0.2) is 32.3 Å². The van der Waals surface area contributed by atoms with Gasteiger partial charge in [-0.15, -0.1) is 0 Å². The fraction of sp³-hybridized carbons (Fsp3) is 0.417. The molecule has 1 aromatic rings. The number of ether oxygens (including phenoxy) is 3. The van der Waals surface area contributed by atoms with Gasteiger partial charge >= 0.3 is 0 Å². The summed E-state index contributed by atoms with van der Waals surface area (Å²) in [5, 5.41) is 2.74. The molecule has 5 nitrogen and oxygen atoms in total. The van der Waals surface area contributed by atoms with Crippen LogP contribution in [0, 0.1) is 0 Å². The first-order valence-electron chi connectivity index (χ1n) is 5.44. The van der Waals surface area contributed by atoms with Crippen molar-refractivity contribution >= 4 is 11.6 Å². The van der Waals surface area contributed by atoms with E-state index >= 15 is 0 Å². The second-order valence-corrected chi connectivity index (χ2v) is 3.73. The standard InChI is InChI=1S/C12H15NO4/c1-8(15-2)12(14)13-9-3-4-10-11(7-9)17-6-5-16-10/h3-4,7-8H,5-6H2,1-2H3,(H,13,14). The predicted molar refractivity (Wildman–Crippen MR) is 62.5 cm³/mol. The average Bonchev–Trinajstić information content (AvgIpc) is 2.37. The summed E-state index contributed by atoms with van der Waals surface area (Å²) in [5.74, 6) is 1.16. The van der Waals surface area contributed by atoms with Crippen LogP contribution in [0.4, 0.5) is 5.69 Å². The second kappa shape index (κ2) is 5.05. The Morgan fingerprint density at radius 2 is 2.06 bits per heavy atom. The molecule has 0 radical (unpaired) electrons. The number of anilines is 1. The maximum absolute atomic E-state index is 11.6. The fourth-order valence-corrected chi connectivity index (χ4v) is 1.47. The SMILES string of the molecule is COC(C)C(=O)Nc1ccc2c(c1)OCCO2. The Labute approximate surface area is 99.7 Å². The van der Waals surface area contributed by atoms with Crippen LogP contribution >= 0.6 is 0 Å². The highest BCUT2D eigenvalue weighted by atomic mass is 16.6. The number of fused-ring (bicyclic) bond motifs is 1. The van der Waals surface area contributed by atoms with Crippen LogP contribution in [0.25, 0.3) is 0 Å². The Bertz CT molecular complexity index is 419. The van der Waals surface area contributed by atoms with E-state index in [1.165, 1.54) is 7.11 Å². The minimum atomic E-state index is -0.483. The summed E-state index contributed by atoms with van der Waals surface area (Å²) in [7, 11) is 1.49. The molecule has 1 atom stereocenters. The summed E-state index contributed by atoms with van der Waals surface area (Å²) in [5.41, 5.74) is 0.670. The van der Waals surface area contributed by atoms with Crippen LogP contribution in [0.15, 0.2) is 18.2 Å². The Morgan fingerprint density at radius 3 is 2.76 bits per heavy atom. The number of hydrogen-bond acceptors (Lipinski definition) is 4. The first-order chi connectivity index (χ1) is 8.20. The van der Waals surface area contributed by atoms with Gasteiger partial charge in [-0.05, 0) is 19.1 Å². The Hall–Kier alpha value is -1.75. The third-order valence-corrected chi connectivity index (χ3v) is 2.53. The zero-order chi connectivity index (χ0) is 12.3. The van der Waals surface area contributed by atoms with Crippen LogP contribution in [0.3, 0.4) is 0 Å². The number of rotatable bonds is 3. The molecule has 17 heavy (non-hydrogen) atoms. The average molecular weight is 237 g/mol. The molecule has 0 bridgehead atoms. The van der Waals surface area contributed by atoms with E-state index in [4.69, 9.17) is 14.2 Å². The minimum absolute atomic E-state index is 0.191. The monoisotopic (exact) mass is 237 g/mol. The number of benzene rings is 1. The van der Waals surface area contributed by atoms with E-state index in [-0.39, 0.29) is 5.91 Å².